The monoisotopic (exact) mass is 247 g/mol. The molecule has 1 aliphatic rings. The highest BCUT2D eigenvalue weighted by atomic mass is 16.5. The molecule has 2 rings (SSSR count). The molecule has 0 amide bonds. The number of aliphatic hydroxyl groups excluding tert-OH is 1. The van der Waals surface area contributed by atoms with E-state index in [4.69, 9.17) is 10.00 Å². The molecule has 18 heavy (non-hydrogen) atoms. The number of morpholine rings is 1. The van der Waals surface area contributed by atoms with Gasteiger partial charge in [0.05, 0.1) is 18.8 Å². The Kier molecular flexibility index (Phi) is 4.26. The first-order valence-electron chi connectivity index (χ1n) is 6.05. The van der Waals surface area contributed by atoms with E-state index in [0.717, 1.165) is 12.1 Å². The minimum atomic E-state index is -0.143. The molecule has 0 spiro atoms. The van der Waals surface area contributed by atoms with Gasteiger partial charge < -0.3 is 9.84 Å². The molecule has 0 aliphatic carbocycles. The van der Waals surface area contributed by atoms with E-state index in [1.807, 2.05) is 19.1 Å². The molecule has 2 unspecified atom stereocenters. The zero-order valence-corrected chi connectivity index (χ0v) is 10.4. The van der Waals surface area contributed by atoms with Crippen LogP contribution in [0.15, 0.2) is 18.3 Å². The van der Waals surface area contributed by atoms with Crippen molar-refractivity contribution >= 4 is 0 Å². The number of aliphatic hydroxyl groups is 1. The molecule has 2 atom stereocenters. The highest BCUT2D eigenvalue weighted by Crippen LogP contribution is 2.15. The van der Waals surface area contributed by atoms with Crippen molar-refractivity contribution in [2.45, 2.75) is 25.7 Å². The topological polar surface area (TPSA) is 69.4 Å². The summed E-state index contributed by atoms with van der Waals surface area (Å²) in [6.07, 6.45) is 1.58. The molecule has 0 bridgehead atoms. The molecule has 1 N–H and O–H groups in total. The number of rotatable bonds is 3. The molecule has 1 aromatic rings. The molecule has 0 aromatic carbocycles. The van der Waals surface area contributed by atoms with Crippen LogP contribution in [0.1, 0.15) is 18.2 Å². The lowest BCUT2D eigenvalue weighted by Gasteiger charge is -2.36. The normalized spacial score (nSPS) is 24.7. The summed E-state index contributed by atoms with van der Waals surface area (Å²) in [5, 5.41) is 18.2. The van der Waals surface area contributed by atoms with Crippen molar-refractivity contribution in [1.82, 2.24) is 9.88 Å². The summed E-state index contributed by atoms with van der Waals surface area (Å²) in [6, 6.07) is 5.86. The Labute approximate surface area is 107 Å². The maximum absolute atomic E-state index is 9.18. The number of pyridine rings is 1. The summed E-state index contributed by atoms with van der Waals surface area (Å²) in [5.74, 6) is 0. The Morgan fingerprint density at radius 1 is 1.61 bits per heavy atom. The molecule has 1 fully saturated rings. The quantitative estimate of drug-likeness (QED) is 0.844. The second-order valence-corrected chi connectivity index (χ2v) is 4.57. The number of nitrogens with zero attached hydrogens (tertiary/aromatic N) is 3. The molecular weight excluding hydrogens is 230 g/mol. The van der Waals surface area contributed by atoms with Crippen LogP contribution in [0.25, 0.3) is 0 Å². The summed E-state index contributed by atoms with van der Waals surface area (Å²) in [5.41, 5.74) is 1.39. The van der Waals surface area contributed by atoms with Crippen molar-refractivity contribution in [1.29, 1.82) is 5.26 Å². The number of nitriles is 1. The van der Waals surface area contributed by atoms with Crippen molar-refractivity contribution in [3.05, 3.63) is 29.6 Å². The van der Waals surface area contributed by atoms with Gasteiger partial charge in [-0.15, -0.1) is 0 Å². The van der Waals surface area contributed by atoms with Gasteiger partial charge in [0.15, 0.2) is 0 Å². The van der Waals surface area contributed by atoms with Gasteiger partial charge in [-0.2, -0.15) is 5.26 Å². The first-order valence-corrected chi connectivity index (χ1v) is 6.05. The highest BCUT2D eigenvalue weighted by molar-refractivity contribution is 5.30. The number of hydrogen-bond donors (Lipinski definition) is 1. The Bertz CT molecular complexity index is 444. The number of hydrogen-bond acceptors (Lipinski definition) is 5. The van der Waals surface area contributed by atoms with E-state index < -0.39 is 0 Å². The van der Waals surface area contributed by atoms with Crippen molar-refractivity contribution in [3.63, 3.8) is 0 Å². The van der Waals surface area contributed by atoms with E-state index in [9.17, 15) is 5.11 Å². The van der Waals surface area contributed by atoms with Crippen LogP contribution in [-0.2, 0) is 11.3 Å². The smallest absolute Gasteiger partial charge is 0.144 e. The van der Waals surface area contributed by atoms with Crippen LogP contribution in [0.4, 0.5) is 0 Å². The fraction of sp³-hybridized carbons (Fsp3) is 0.538. The summed E-state index contributed by atoms with van der Waals surface area (Å²) in [4.78, 5) is 6.24. The predicted molar refractivity (Wildman–Crippen MR) is 65.6 cm³/mol. The Balaban J connectivity index is 2.06. The van der Waals surface area contributed by atoms with Gasteiger partial charge in [-0.25, -0.2) is 4.98 Å². The molecule has 1 aliphatic heterocycles. The third kappa shape index (κ3) is 3.05. The van der Waals surface area contributed by atoms with Crippen LogP contribution in [0.5, 0.6) is 0 Å². The van der Waals surface area contributed by atoms with Gasteiger partial charge in [0.2, 0.25) is 0 Å². The second-order valence-electron chi connectivity index (χ2n) is 4.57. The third-order valence-corrected chi connectivity index (χ3v) is 3.00. The number of ether oxygens (including phenoxy) is 1. The van der Waals surface area contributed by atoms with Crippen molar-refractivity contribution in [2.24, 2.45) is 0 Å². The van der Waals surface area contributed by atoms with Gasteiger partial charge in [-0.1, -0.05) is 6.07 Å². The van der Waals surface area contributed by atoms with Gasteiger partial charge in [-0.3, -0.25) is 4.90 Å². The average Bonchev–Trinajstić information content (AvgIpc) is 2.38. The fourth-order valence-corrected chi connectivity index (χ4v) is 2.28. The van der Waals surface area contributed by atoms with E-state index in [2.05, 4.69) is 16.0 Å². The standard InChI is InChI=1S/C13H17N3O2/c1-10-6-16(8-12(9-17)18-10)7-11-3-2-4-15-13(11)5-14/h2-4,10,12,17H,6-9H2,1H3. The zero-order chi connectivity index (χ0) is 13.0. The van der Waals surface area contributed by atoms with E-state index >= 15 is 0 Å². The average molecular weight is 247 g/mol. The van der Waals surface area contributed by atoms with Crippen LogP contribution < -0.4 is 0 Å². The SMILES string of the molecule is CC1CN(Cc2cccnc2C#N)CC(CO)O1. The van der Waals surface area contributed by atoms with E-state index in [1.165, 1.54) is 0 Å². The van der Waals surface area contributed by atoms with Gasteiger partial charge in [0.25, 0.3) is 0 Å². The zero-order valence-electron chi connectivity index (χ0n) is 10.4. The molecule has 0 saturated carbocycles. The largest absolute Gasteiger partial charge is 0.394 e. The second kappa shape index (κ2) is 5.91. The third-order valence-electron chi connectivity index (χ3n) is 3.00. The van der Waals surface area contributed by atoms with E-state index in [-0.39, 0.29) is 18.8 Å². The Morgan fingerprint density at radius 2 is 2.44 bits per heavy atom. The summed E-state index contributed by atoms with van der Waals surface area (Å²) in [6.45, 7) is 4.17. The van der Waals surface area contributed by atoms with E-state index in [0.29, 0.717) is 18.8 Å². The summed E-state index contributed by atoms with van der Waals surface area (Å²) < 4.78 is 5.59. The van der Waals surface area contributed by atoms with Crippen LogP contribution in [-0.4, -0.2) is 46.9 Å². The fourth-order valence-electron chi connectivity index (χ4n) is 2.28. The van der Waals surface area contributed by atoms with Gasteiger partial charge in [0.1, 0.15) is 11.8 Å². The summed E-state index contributed by atoms with van der Waals surface area (Å²) >= 11 is 0. The lowest BCUT2D eigenvalue weighted by atomic mass is 10.1. The van der Waals surface area contributed by atoms with Crippen molar-refractivity contribution < 1.29 is 9.84 Å². The van der Waals surface area contributed by atoms with Crippen molar-refractivity contribution in [2.75, 3.05) is 19.7 Å². The molecule has 1 saturated heterocycles. The van der Waals surface area contributed by atoms with Gasteiger partial charge >= 0.3 is 0 Å². The molecule has 2 heterocycles. The first-order chi connectivity index (χ1) is 8.72. The van der Waals surface area contributed by atoms with Crippen LogP contribution in [0.3, 0.4) is 0 Å². The van der Waals surface area contributed by atoms with Crippen LogP contribution >= 0.6 is 0 Å². The molecule has 96 valence electrons. The lowest BCUT2D eigenvalue weighted by Crippen LogP contribution is -2.47. The predicted octanol–water partition coefficient (Wildman–Crippen LogP) is 0.535. The van der Waals surface area contributed by atoms with Gasteiger partial charge in [-0.05, 0) is 13.0 Å². The molecule has 1 aromatic heterocycles. The molecule has 5 heteroatoms. The van der Waals surface area contributed by atoms with Gasteiger partial charge in [0, 0.05) is 31.4 Å². The van der Waals surface area contributed by atoms with Crippen LogP contribution in [0.2, 0.25) is 0 Å². The maximum atomic E-state index is 9.18. The molecule has 0 radical (unpaired) electrons. The highest BCUT2D eigenvalue weighted by Gasteiger charge is 2.25. The lowest BCUT2D eigenvalue weighted by molar-refractivity contribution is -0.0972. The Hall–Kier alpha value is -1.48. The minimum absolute atomic E-state index is 0.0268. The maximum Gasteiger partial charge on any atom is 0.144 e. The molecule has 5 nitrogen and oxygen atoms in total. The van der Waals surface area contributed by atoms with E-state index in [1.54, 1.807) is 6.20 Å². The summed E-state index contributed by atoms with van der Waals surface area (Å²) in [7, 11) is 0. The van der Waals surface area contributed by atoms with Crippen molar-refractivity contribution in [3.8, 4) is 6.07 Å². The minimum Gasteiger partial charge on any atom is -0.394 e. The Morgan fingerprint density at radius 3 is 3.17 bits per heavy atom. The van der Waals surface area contributed by atoms with Crippen LogP contribution in [0, 0.1) is 11.3 Å². The number of aromatic nitrogens is 1. The molecular formula is C13H17N3O2. The first kappa shape index (κ1) is 13.0.